The molecule has 0 radical (unpaired) electrons. The monoisotopic (exact) mass is 556 g/mol. The molecule has 40 heavy (non-hydrogen) atoms. The van der Waals surface area contributed by atoms with E-state index in [1.54, 1.807) is 13.8 Å². The van der Waals surface area contributed by atoms with Gasteiger partial charge < -0.3 is 39.0 Å². The third-order valence-electron chi connectivity index (χ3n) is 9.33. The minimum Gasteiger partial charge on any atom is -0.393 e. The maximum absolute atomic E-state index is 11.2. The molecule has 0 unspecified atom stereocenters. The Balaban J connectivity index is 1.40. The number of benzene rings is 2. The van der Waals surface area contributed by atoms with E-state index in [0.29, 0.717) is 39.1 Å². The number of hydrogen-bond acceptors (Lipinski definition) is 8. The number of rotatable bonds is 8. The first-order valence-electron chi connectivity index (χ1n) is 14.3. The van der Waals surface area contributed by atoms with Gasteiger partial charge in [-0.15, -0.1) is 0 Å². The predicted octanol–water partition coefficient (Wildman–Crippen LogP) is 3.54. The van der Waals surface area contributed by atoms with Crippen molar-refractivity contribution >= 4 is 0 Å². The van der Waals surface area contributed by atoms with E-state index in [1.807, 2.05) is 67.6 Å². The molecule has 0 aliphatic carbocycles. The van der Waals surface area contributed by atoms with E-state index >= 15 is 0 Å². The molecule has 9 atom stereocenters. The number of aliphatic hydroxyl groups is 3. The Hall–Kier alpha value is -1.88. The van der Waals surface area contributed by atoms with E-state index in [4.69, 9.17) is 23.7 Å². The zero-order chi connectivity index (χ0) is 28.6. The van der Waals surface area contributed by atoms with Gasteiger partial charge in [0.1, 0.15) is 29.5 Å². The lowest BCUT2D eigenvalue weighted by Gasteiger charge is -2.60. The van der Waals surface area contributed by atoms with Crippen molar-refractivity contribution in [1.82, 2.24) is 0 Å². The van der Waals surface area contributed by atoms with Crippen LogP contribution in [0.25, 0.3) is 0 Å². The summed E-state index contributed by atoms with van der Waals surface area (Å²) >= 11 is 0. The SMILES string of the molecule is C[C@@]12O[C@@H]3CC[C@](C)(OCc4ccccc4)[C@@H](COCc4ccccc4)O[C@@]3(C)C[C@H]1O[C@@](C)(CO)[C@H](O)[C@@H]2O. The molecule has 3 aliphatic rings. The third kappa shape index (κ3) is 5.61. The minimum atomic E-state index is -1.31. The highest BCUT2D eigenvalue weighted by molar-refractivity contribution is 5.16. The molecule has 0 bridgehead atoms. The molecule has 2 aromatic carbocycles. The fraction of sp³-hybridized carbons (Fsp3) is 0.625. The van der Waals surface area contributed by atoms with Gasteiger partial charge in [0, 0.05) is 6.42 Å². The average Bonchev–Trinajstić information content (AvgIpc) is 3.06. The highest BCUT2D eigenvalue weighted by atomic mass is 16.6. The van der Waals surface area contributed by atoms with Gasteiger partial charge in [0.05, 0.1) is 49.8 Å². The van der Waals surface area contributed by atoms with Crippen LogP contribution < -0.4 is 0 Å². The molecule has 220 valence electrons. The van der Waals surface area contributed by atoms with Gasteiger partial charge in [-0.05, 0) is 51.7 Å². The van der Waals surface area contributed by atoms with E-state index in [2.05, 4.69) is 6.92 Å². The van der Waals surface area contributed by atoms with Crippen LogP contribution in [0.1, 0.15) is 58.1 Å². The van der Waals surface area contributed by atoms with Crippen LogP contribution >= 0.6 is 0 Å². The van der Waals surface area contributed by atoms with Gasteiger partial charge in [-0.1, -0.05) is 60.7 Å². The van der Waals surface area contributed by atoms with Gasteiger partial charge in [0.15, 0.2) is 0 Å². The molecule has 5 rings (SSSR count). The van der Waals surface area contributed by atoms with Crippen molar-refractivity contribution in [2.45, 2.75) is 113 Å². The number of fused-ring (bicyclic) bond motifs is 2. The van der Waals surface area contributed by atoms with Crippen molar-refractivity contribution in [2.75, 3.05) is 13.2 Å². The van der Waals surface area contributed by atoms with E-state index < -0.39 is 53.4 Å². The van der Waals surface area contributed by atoms with E-state index in [-0.39, 0.29) is 6.10 Å². The van der Waals surface area contributed by atoms with Crippen molar-refractivity contribution in [2.24, 2.45) is 0 Å². The van der Waals surface area contributed by atoms with Crippen LogP contribution in [-0.2, 0) is 36.9 Å². The largest absolute Gasteiger partial charge is 0.393 e. The van der Waals surface area contributed by atoms with Crippen LogP contribution in [-0.4, -0.2) is 81.5 Å². The molecule has 2 aromatic rings. The lowest BCUT2D eigenvalue weighted by Crippen LogP contribution is -2.75. The second-order valence-electron chi connectivity index (χ2n) is 12.5. The van der Waals surface area contributed by atoms with E-state index in [1.165, 1.54) is 0 Å². The first kappa shape index (κ1) is 29.6. The van der Waals surface area contributed by atoms with Gasteiger partial charge in [0.2, 0.25) is 0 Å². The summed E-state index contributed by atoms with van der Waals surface area (Å²) in [4.78, 5) is 0. The highest BCUT2D eigenvalue weighted by Crippen LogP contribution is 2.51. The molecule has 0 saturated carbocycles. The van der Waals surface area contributed by atoms with Crippen LogP contribution in [0.3, 0.4) is 0 Å². The fourth-order valence-electron chi connectivity index (χ4n) is 6.37. The van der Waals surface area contributed by atoms with Gasteiger partial charge in [0.25, 0.3) is 0 Å². The van der Waals surface area contributed by atoms with Crippen LogP contribution in [0.15, 0.2) is 60.7 Å². The van der Waals surface area contributed by atoms with E-state index in [0.717, 1.165) is 11.1 Å². The topological polar surface area (TPSA) is 107 Å². The Morgan fingerprint density at radius 3 is 2.05 bits per heavy atom. The summed E-state index contributed by atoms with van der Waals surface area (Å²) in [5, 5.41) is 32.0. The maximum Gasteiger partial charge on any atom is 0.120 e. The molecule has 0 spiro atoms. The lowest BCUT2D eigenvalue weighted by molar-refractivity contribution is -0.368. The normalized spacial score (nSPS) is 41.5. The number of aliphatic hydroxyl groups excluding tert-OH is 3. The molecule has 3 aliphatic heterocycles. The van der Waals surface area contributed by atoms with Crippen molar-refractivity contribution in [1.29, 1.82) is 0 Å². The van der Waals surface area contributed by atoms with Crippen molar-refractivity contribution in [3.8, 4) is 0 Å². The summed E-state index contributed by atoms with van der Waals surface area (Å²) in [6.45, 7) is 8.24. The molecule has 3 N–H and O–H groups in total. The Kier molecular flexibility index (Phi) is 8.45. The standard InChI is InChI=1S/C32H44O8/c1-29(37-19-23-13-9-6-10-14-23)16-15-24-30(2,39-26(29)20-36-18-22-11-7-5-8-12-22)17-25-32(4,40-24)28(35)27(34)31(3,21-33)38-25/h5-14,24-28,33-35H,15-21H2,1-4H3/t24-,25-,26-,27-,28+,29+,30+,31+,32-/m1/s1. The fourth-order valence-corrected chi connectivity index (χ4v) is 6.37. The summed E-state index contributed by atoms with van der Waals surface area (Å²) in [5.41, 5.74) is -1.78. The molecule has 8 heteroatoms. The summed E-state index contributed by atoms with van der Waals surface area (Å²) in [6, 6.07) is 20.1. The van der Waals surface area contributed by atoms with Gasteiger partial charge in [-0.2, -0.15) is 0 Å². The third-order valence-corrected chi connectivity index (χ3v) is 9.33. The summed E-state index contributed by atoms with van der Waals surface area (Å²) in [5.74, 6) is 0. The Bertz CT molecular complexity index is 1120. The zero-order valence-corrected chi connectivity index (χ0v) is 24.0. The van der Waals surface area contributed by atoms with Crippen LogP contribution in [0.2, 0.25) is 0 Å². The predicted molar refractivity (Wildman–Crippen MR) is 149 cm³/mol. The Morgan fingerprint density at radius 2 is 1.43 bits per heavy atom. The summed E-state index contributed by atoms with van der Waals surface area (Å²) in [6.07, 6.45) is -2.24. The smallest absolute Gasteiger partial charge is 0.120 e. The first-order chi connectivity index (χ1) is 19.0. The number of hydrogen-bond donors (Lipinski definition) is 3. The molecule has 3 fully saturated rings. The summed E-state index contributed by atoms with van der Waals surface area (Å²) < 4.78 is 32.7. The van der Waals surface area contributed by atoms with Gasteiger partial charge in [-0.25, -0.2) is 0 Å². The van der Waals surface area contributed by atoms with Crippen molar-refractivity contribution < 1.29 is 39.0 Å². The second kappa shape index (κ2) is 11.4. The second-order valence-corrected chi connectivity index (χ2v) is 12.5. The van der Waals surface area contributed by atoms with Gasteiger partial charge in [-0.3, -0.25) is 0 Å². The molecule has 3 heterocycles. The van der Waals surface area contributed by atoms with Gasteiger partial charge >= 0.3 is 0 Å². The summed E-state index contributed by atoms with van der Waals surface area (Å²) in [7, 11) is 0. The molecule has 3 saturated heterocycles. The van der Waals surface area contributed by atoms with Crippen LogP contribution in [0.4, 0.5) is 0 Å². The molecular formula is C32H44O8. The van der Waals surface area contributed by atoms with Crippen LogP contribution in [0.5, 0.6) is 0 Å². The molecular weight excluding hydrogens is 512 g/mol. The van der Waals surface area contributed by atoms with Crippen molar-refractivity contribution in [3.05, 3.63) is 71.8 Å². The van der Waals surface area contributed by atoms with Crippen molar-refractivity contribution in [3.63, 3.8) is 0 Å². The maximum atomic E-state index is 11.2. The quantitative estimate of drug-likeness (QED) is 0.454. The Morgan fingerprint density at radius 1 is 0.800 bits per heavy atom. The Labute approximate surface area is 237 Å². The molecule has 0 amide bonds. The highest BCUT2D eigenvalue weighted by Gasteiger charge is 2.65. The van der Waals surface area contributed by atoms with Crippen LogP contribution in [0, 0.1) is 0 Å². The average molecular weight is 557 g/mol. The number of ether oxygens (including phenoxy) is 5. The molecule has 0 aromatic heterocycles. The lowest BCUT2D eigenvalue weighted by atomic mass is 9.71. The minimum absolute atomic E-state index is 0.320. The molecule has 8 nitrogen and oxygen atoms in total. The zero-order valence-electron chi connectivity index (χ0n) is 24.0. The van der Waals surface area contributed by atoms with E-state index in [9.17, 15) is 15.3 Å². The first-order valence-corrected chi connectivity index (χ1v) is 14.3.